The van der Waals surface area contributed by atoms with Crippen LogP contribution in [0.3, 0.4) is 0 Å². The molecule has 0 aliphatic heterocycles. The molecule has 0 saturated carbocycles. The zero-order valence-corrected chi connectivity index (χ0v) is 16.6. The molecule has 0 fully saturated rings. The van der Waals surface area contributed by atoms with Crippen LogP contribution in [0.2, 0.25) is 0 Å². The first kappa shape index (κ1) is 18.5. The Balaban J connectivity index is 1.58. The summed E-state index contributed by atoms with van der Waals surface area (Å²) in [4.78, 5) is 28.8. The number of rotatable bonds is 6. The van der Waals surface area contributed by atoms with Crippen LogP contribution in [0.1, 0.15) is 28.2 Å². The van der Waals surface area contributed by atoms with Crippen molar-refractivity contribution in [2.24, 2.45) is 0 Å². The topological polar surface area (TPSA) is 59.1 Å². The van der Waals surface area contributed by atoms with Crippen LogP contribution in [0.25, 0.3) is 11.3 Å². The van der Waals surface area contributed by atoms with Gasteiger partial charge in [-0.25, -0.2) is 4.98 Å². The molecule has 0 saturated heterocycles. The van der Waals surface area contributed by atoms with Crippen molar-refractivity contribution in [2.75, 3.05) is 5.32 Å². The van der Waals surface area contributed by atoms with Gasteiger partial charge in [0.15, 0.2) is 5.78 Å². The van der Waals surface area contributed by atoms with Crippen LogP contribution >= 0.6 is 27.3 Å². The molecule has 1 amide bonds. The highest BCUT2D eigenvalue weighted by molar-refractivity contribution is 9.10. The molecule has 0 atom stereocenters. The highest BCUT2D eigenvalue weighted by atomic mass is 79.9. The van der Waals surface area contributed by atoms with E-state index in [1.54, 1.807) is 23.5 Å². The van der Waals surface area contributed by atoms with Gasteiger partial charge in [-0.1, -0.05) is 40.2 Å². The molecule has 132 valence electrons. The number of carbonyl (C=O) groups is 2. The van der Waals surface area contributed by atoms with Crippen LogP contribution in [0.15, 0.2) is 58.4 Å². The van der Waals surface area contributed by atoms with E-state index in [-0.39, 0.29) is 24.5 Å². The maximum Gasteiger partial charge on any atom is 0.224 e. The number of anilines is 1. The van der Waals surface area contributed by atoms with Crippen molar-refractivity contribution in [3.05, 3.63) is 69.0 Å². The minimum atomic E-state index is -0.179. The number of aromatic nitrogens is 1. The number of benzene rings is 2. The number of ketones is 1. The fourth-order valence-electron chi connectivity index (χ4n) is 2.48. The molecule has 2 aromatic carbocycles. The van der Waals surface area contributed by atoms with Gasteiger partial charge >= 0.3 is 0 Å². The van der Waals surface area contributed by atoms with Gasteiger partial charge in [0.2, 0.25) is 5.91 Å². The van der Waals surface area contributed by atoms with Crippen LogP contribution in [-0.2, 0) is 4.79 Å². The lowest BCUT2D eigenvalue weighted by atomic mass is 10.1. The molecule has 3 aromatic rings. The summed E-state index contributed by atoms with van der Waals surface area (Å²) in [5, 5.41) is 5.85. The molecule has 0 aliphatic carbocycles. The molecule has 4 nitrogen and oxygen atoms in total. The Morgan fingerprint density at radius 2 is 1.88 bits per heavy atom. The number of thiazole rings is 1. The highest BCUT2D eigenvalue weighted by Gasteiger charge is 2.10. The Morgan fingerprint density at radius 3 is 2.58 bits per heavy atom. The Labute approximate surface area is 164 Å². The van der Waals surface area contributed by atoms with Crippen LogP contribution in [0, 0.1) is 6.92 Å². The summed E-state index contributed by atoms with van der Waals surface area (Å²) >= 11 is 4.93. The fraction of sp³-hybridized carbons (Fsp3) is 0.150. The summed E-state index contributed by atoms with van der Waals surface area (Å²) in [6.45, 7) is 1.96. The van der Waals surface area contributed by atoms with Crippen LogP contribution in [-0.4, -0.2) is 16.7 Å². The van der Waals surface area contributed by atoms with E-state index in [0.717, 1.165) is 20.7 Å². The Kier molecular flexibility index (Phi) is 5.96. The minimum Gasteiger partial charge on any atom is -0.326 e. The lowest BCUT2D eigenvalue weighted by Crippen LogP contribution is -2.13. The molecule has 0 spiro atoms. The fourth-order valence-corrected chi connectivity index (χ4v) is 3.37. The first-order chi connectivity index (χ1) is 12.5. The predicted molar refractivity (Wildman–Crippen MR) is 109 cm³/mol. The largest absolute Gasteiger partial charge is 0.326 e. The number of carbonyl (C=O) groups excluding carboxylic acids is 2. The van der Waals surface area contributed by atoms with Crippen molar-refractivity contribution in [1.29, 1.82) is 0 Å². The van der Waals surface area contributed by atoms with E-state index in [4.69, 9.17) is 0 Å². The Morgan fingerprint density at radius 1 is 1.12 bits per heavy atom. The number of amides is 1. The SMILES string of the molecule is Cc1nc(-c2cccc(NC(=O)CCC(=O)c3ccc(Br)cc3)c2)cs1. The number of aryl methyl sites for hydroxylation is 1. The summed E-state index contributed by atoms with van der Waals surface area (Å²) in [5.74, 6) is -0.221. The molecular weight excluding hydrogens is 412 g/mol. The molecule has 1 N–H and O–H groups in total. The number of nitrogens with one attached hydrogen (secondary N) is 1. The predicted octanol–water partition coefficient (Wildman–Crippen LogP) is 5.48. The van der Waals surface area contributed by atoms with Crippen molar-refractivity contribution < 1.29 is 9.59 Å². The van der Waals surface area contributed by atoms with Crippen molar-refractivity contribution in [2.45, 2.75) is 19.8 Å². The van der Waals surface area contributed by atoms with Gasteiger partial charge in [-0.2, -0.15) is 0 Å². The number of hydrogen-bond acceptors (Lipinski definition) is 4. The van der Waals surface area contributed by atoms with Crippen molar-refractivity contribution in [1.82, 2.24) is 4.98 Å². The van der Waals surface area contributed by atoms with Crippen molar-refractivity contribution >= 4 is 44.6 Å². The van der Waals surface area contributed by atoms with Gasteiger partial charge in [0.05, 0.1) is 10.7 Å². The Bertz CT molecular complexity index is 935. The maximum absolute atomic E-state index is 12.2. The van der Waals surface area contributed by atoms with Gasteiger partial charge in [-0.15, -0.1) is 11.3 Å². The van der Waals surface area contributed by atoms with E-state index in [9.17, 15) is 9.59 Å². The highest BCUT2D eigenvalue weighted by Crippen LogP contribution is 2.24. The first-order valence-corrected chi connectivity index (χ1v) is 9.80. The lowest BCUT2D eigenvalue weighted by Gasteiger charge is -2.07. The quantitative estimate of drug-likeness (QED) is 0.528. The van der Waals surface area contributed by atoms with E-state index >= 15 is 0 Å². The molecule has 0 radical (unpaired) electrons. The second kappa shape index (κ2) is 8.38. The standard InChI is InChI=1S/C20H17BrN2O2S/c1-13-22-18(12-26-13)15-3-2-4-17(11-15)23-20(25)10-9-19(24)14-5-7-16(21)8-6-14/h2-8,11-12H,9-10H2,1H3,(H,23,25). The lowest BCUT2D eigenvalue weighted by molar-refractivity contribution is -0.116. The molecule has 0 aliphatic rings. The average Bonchev–Trinajstić information content (AvgIpc) is 3.07. The number of hydrogen-bond donors (Lipinski definition) is 1. The summed E-state index contributed by atoms with van der Waals surface area (Å²) < 4.78 is 0.919. The summed E-state index contributed by atoms with van der Waals surface area (Å²) in [6.07, 6.45) is 0.327. The second-order valence-electron chi connectivity index (χ2n) is 5.81. The summed E-state index contributed by atoms with van der Waals surface area (Å²) in [7, 11) is 0. The van der Waals surface area contributed by atoms with Gasteiger partial charge in [-0.3, -0.25) is 9.59 Å². The number of halogens is 1. The third kappa shape index (κ3) is 4.86. The van der Waals surface area contributed by atoms with Gasteiger partial charge in [0, 0.05) is 39.5 Å². The third-order valence-corrected chi connectivity index (χ3v) is 5.11. The molecule has 1 heterocycles. The molecule has 6 heteroatoms. The van der Waals surface area contributed by atoms with Gasteiger partial charge in [-0.05, 0) is 31.2 Å². The van der Waals surface area contributed by atoms with E-state index in [1.165, 1.54) is 0 Å². The Hall–Kier alpha value is -2.31. The van der Waals surface area contributed by atoms with Crippen LogP contribution in [0.5, 0.6) is 0 Å². The van der Waals surface area contributed by atoms with E-state index in [0.29, 0.717) is 11.3 Å². The maximum atomic E-state index is 12.2. The summed E-state index contributed by atoms with van der Waals surface area (Å²) in [5.41, 5.74) is 3.17. The average molecular weight is 429 g/mol. The van der Waals surface area contributed by atoms with Crippen molar-refractivity contribution in [3.8, 4) is 11.3 Å². The molecule has 0 bridgehead atoms. The van der Waals surface area contributed by atoms with Crippen molar-refractivity contribution in [3.63, 3.8) is 0 Å². The summed E-state index contributed by atoms with van der Waals surface area (Å²) in [6, 6.07) is 14.7. The molecule has 1 aromatic heterocycles. The monoisotopic (exact) mass is 428 g/mol. The van der Waals surface area contributed by atoms with Crippen LogP contribution in [0.4, 0.5) is 5.69 Å². The molecule has 26 heavy (non-hydrogen) atoms. The number of nitrogens with zero attached hydrogens (tertiary/aromatic N) is 1. The smallest absolute Gasteiger partial charge is 0.224 e. The van der Waals surface area contributed by atoms with Crippen LogP contribution < -0.4 is 5.32 Å². The van der Waals surface area contributed by atoms with Gasteiger partial charge < -0.3 is 5.32 Å². The third-order valence-electron chi connectivity index (χ3n) is 3.81. The molecular formula is C20H17BrN2O2S. The normalized spacial score (nSPS) is 10.5. The minimum absolute atomic E-state index is 0.0423. The number of Topliss-reactive ketones (excluding diaryl/α,β-unsaturated/α-hetero) is 1. The van der Waals surface area contributed by atoms with Gasteiger partial charge in [0.1, 0.15) is 0 Å². The molecule has 0 unspecified atom stereocenters. The second-order valence-corrected chi connectivity index (χ2v) is 7.79. The first-order valence-electron chi connectivity index (χ1n) is 8.12. The van der Waals surface area contributed by atoms with Gasteiger partial charge in [0.25, 0.3) is 0 Å². The van der Waals surface area contributed by atoms with E-state index in [1.807, 2.05) is 48.7 Å². The van der Waals surface area contributed by atoms with E-state index < -0.39 is 0 Å². The zero-order chi connectivity index (χ0) is 18.5. The zero-order valence-electron chi connectivity index (χ0n) is 14.2. The molecule has 3 rings (SSSR count). The van der Waals surface area contributed by atoms with E-state index in [2.05, 4.69) is 26.2 Å².